The van der Waals surface area contributed by atoms with Gasteiger partial charge in [-0.2, -0.15) is 0 Å². The molecule has 1 radical (unpaired) electrons. The predicted octanol–water partition coefficient (Wildman–Crippen LogP) is 5.25. The van der Waals surface area contributed by atoms with Gasteiger partial charge in [-0.15, -0.1) is 0 Å². The van der Waals surface area contributed by atoms with Crippen molar-refractivity contribution in [2.75, 3.05) is 0 Å². The van der Waals surface area contributed by atoms with E-state index in [2.05, 4.69) is 107 Å². The molecule has 29 heavy (non-hydrogen) atoms. The lowest BCUT2D eigenvalue weighted by molar-refractivity contribution is 0.344. The van der Waals surface area contributed by atoms with Gasteiger partial charge in [0.25, 0.3) is 0 Å². The van der Waals surface area contributed by atoms with Crippen molar-refractivity contribution in [1.82, 2.24) is 0 Å². The maximum atomic E-state index is 7.12. The first-order valence-electron chi connectivity index (χ1n) is 10.6. The molecule has 0 fully saturated rings. The van der Waals surface area contributed by atoms with E-state index >= 15 is 0 Å². The molecule has 2 rings (SSSR count). The fraction of sp³-hybridized carbons (Fsp3) is 0.455. The molecule has 3 nitrogen and oxygen atoms in total. The van der Waals surface area contributed by atoms with E-state index < -0.39 is 34.5 Å². The summed E-state index contributed by atoms with van der Waals surface area (Å²) in [6, 6.07) is 22.3. The molecule has 0 aliphatic heterocycles. The summed E-state index contributed by atoms with van der Waals surface area (Å²) in [6.07, 6.45) is 2.42. The van der Waals surface area contributed by atoms with E-state index in [9.17, 15) is 0 Å². The van der Waals surface area contributed by atoms with Gasteiger partial charge in [0.2, 0.25) is 0 Å². The van der Waals surface area contributed by atoms with Crippen LogP contribution in [0, 0.1) is 0 Å². The van der Waals surface area contributed by atoms with E-state index in [-0.39, 0.29) is 0 Å². The normalized spacial score (nSPS) is 13.1. The Labute approximate surface area is 182 Å². The van der Waals surface area contributed by atoms with E-state index in [0.29, 0.717) is 0 Å². The van der Waals surface area contributed by atoms with Crippen molar-refractivity contribution in [3.05, 3.63) is 60.7 Å². The maximum Gasteiger partial charge on any atom is 0.387 e. The molecule has 0 aliphatic carbocycles. The number of rotatable bonds is 11. The van der Waals surface area contributed by atoms with Crippen LogP contribution in [0.3, 0.4) is 0 Å². The second-order valence-corrected chi connectivity index (χ2v) is 22.3. The van der Waals surface area contributed by atoms with Gasteiger partial charge in [-0.05, 0) is 55.7 Å². The van der Waals surface area contributed by atoms with Crippen molar-refractivity contribution >= 4 is 44.9 Å². The molecule has 0 saturated heterocycles. The minimum Gasteiger partial charge on any atom is -0.436 e. The Hall–Kier alpha value is -0.812. The Morgan fingerprint density at radius 1 is 0.759 bits per heavy atom. The smallest absolute Gasteiger partial charge is 0.387 e. The van der Waals surface area contributed by atoms with E-state index in [1.807, 2.05) is 0 Å². The van der Waals surface area contributed by atoms with Crippen molar-refractivity contribution in [3.8, 4) is 0 Å². The van der Waals surface area contributed by atoms with Gasteiger partial charge in [-0.1, -0.05) is 80.4 Å². The van der Waals surface area contributed by atoms with Crippen LogP contribution >= 0.6 is 0 Å². The Bertz CT molecular complexity index is 697. The fourth-order valence-electron chi connectivity index (χ4n) is 3.71. The molecule has 2 aromatic rings. The lowest BCUT2D eigenvalue weighted by atomic mass is 10.4. The minimum absolute atomic E-state index is 0.999. The van der Waals surface area contributed by atoms with E-state index in [0.717, 1.165) is 10.4 Å². The SMILES string of the molecule is CCCC[Si](C)(C)O[Si](C)(C)O[Si](O[Si](C)C)(c1ccccc1)c1ccccc1. The molecule has 0 atom stereocenters. The van der Waals surface area contributed by atoms with Crippen LogP contribution in [-0.4, -0.2) is 34.5 Å². The summed E-state index contributed by atoms with van der Waals surface area (Å²) in [5, 5.41) is 2.32. The Morgan fingerprint density at radius 3 is 1.66 bits per heavy atom. The topological polar surface area (TPSA) is 27.7 Å². The molecule has 0 N–H and O–H groups in total. The quantitative estimate of drug-likeness (QED) is 0.428. The van der Waals surface area contributed by atoms with Crippen LogP contribution in [0.2, 0.25) is 45.3 Å². The molecule has 0 bridgehead atoms. The lowest BCUT2D eigenvalue weighted by Gasteiger charge is -2.42. The van der Waals surface area contributed by atoms with Gasteiger partial charge < -0.3 is 12.3 Å². The van der Waals surface area contributed by atoms with Gasteiger partial charge in [0.1, 0.15) is 0 Å². The summed E-state index contributed by atoms with van der Waals surface area (Å²) in [4.78, 5) is 0. The molecule has 0 saturated carbocycles. The Balaban J connectivity index is 2.49. The van der Waals surface area contributed by atoms with Gasteiger partial charge in [-0.25, -0.2) is 0 Å². The van der Waals surface area contributed by atoms with Gasteiger partial charge in [0, 0.05) is 0 Å². The third-order valence-electron chi connectivity index (χ3n) is 4.70. The zero-order chi connectivity index (χ0) is 21.5. The zero-order valence-electron chi connectivity index (χ0n) is 19.1. The van der Waals surface area contributed by atoms with Crippen molar-refractivity contribution < 1.29 is 12.3 Å². The van der Waals surface area contributed by atoms with Crippen molar-refractivity contribution in [2.45, 2.75) is 65.1 Å². The molecule has 0 aromatic heterocycles. The van der Waals surface area contributed by atoms with Crippen LogP contribution in [0.15, 0.2) is 60.7 Å². The Kier molecular flexibility index (Phi) is 8.83. The number of benzene rings is 2. The predicted molar refractivity (Wildman–Crippen MR) is 133 cm³/mol. The molecule has 159 valence electrons. The summed E-state index contributed by atoms with van der Waals surface area (Å²) in [7, 11) is -8.10. The average molecular weight is 462 g/mol. The number of unbranched alkanes of at least 4 members (excludes halogenated alkanes) is 1. The molecule has 0 unspecified atom stereocenters. The molecule has 0 heterocycles. The molecule has 0 spiro atoms. The first kappa shape index (κ1) is 24.5. The summed E-state index contributed by atoms with van der Waals surface area (Å²) in [6.45, 7) is 15.7. The van der Waals surface area contributed by atoms with Gasteiger partial charge >= 0.3 is 17.1 Å². The Morgan fingerprint density at radius 2 is 1.24 bits per heavy atom. The van der Waals surface area contributed by atoms with Crippen LogP contribution < -0.4 is 10.4 Å². The first-order valence-corrected chi connectivity index (χ1v) is 20.8. The molecular weight excluding hydrogens is 425 g/mol. The second-order valence-electron chi connectivity index (χ2n) is 8.83. The summed E-state index contributed by atoms with van der Waals surface area (Å²) in [5.41, 5.74) is 0. The van der Waals surface area contributed by atoms with Crippen LogP contribution in [0.1, 0.15) is 19.8 Å². The van der Waals surface area contributed by atoms with Crippen LogP contribution in [0.25, 0.3) is 0 Å². The van der Waals surface area contributed by atoms with Gasteiger partial charge in [0.05, 0.1) is 0 Å². The number of hydrogen-bond acceptors (Lipinski definition) is 3. The molecular formula is C22H37O3Si4. The highest BCUT2D eigenvalue weighted by atomic mass is 28.5. The molecule has 0 aliphatic rings. The van der Waals surface area contributed by atoms with Crippen LogP contribution in [0.5, 0.6) is 0 Å². The standard InChI is InChI=1S/C22H37O3Si4/c1-8-9-20-27(4,5)24-28(6,7)25-29(23-26(2)3,21-16-12-10-13-17-21)22-18-14-11-15-19-22/h10-19H,8-9,20H2,1-7H3. The molecule has 7 heteroatoms. The van der Waals surface area contributed by atoms with Crippen molar-refractivity contribution in [3.63, 3.8) is 0 Å². The highest BCUT2D eigenvalue weighted by molar-refractivity contribution is 7.00. The number of hydrogen-bond donors (Lipinski definition) is 0. The van der Waals surface area contributed by atoms with Gasteiger partial charge in [0.15, 0.2) is 17.4 Å². The van der Waals surface area contributed by atoms with E-state index in [1.54, 1.807) is 0 Å². The van der Waals surface area contributed by atoms with Crippen molar-refractivity contribution in [1.29, 1.82) is 0 Å². The third kappa shape index (κ3) is 7.13. The molecule has 0 amide bonds. The minimum atomic E-state index is -2.87. The van der Waals surface area contributed by atoms with E-state index in [4.69, 9.17) is 12.3 Å². The molecule has 2 aromatic carbocycles. The maximum absolute atomic E-state index is 7.12. The highest BCUT2D eigenvalue weighted by Crippen LogP contribution is 2.25. The summed E-state index contributed by atoms with van der Waals surface area (Å²) in [5.74, 6) is 0. The van der Waals surface area contributed by atoms with Crippen molar-refractivity contribution in [2.24, 2.45) is 0 Å². The largest absolute Gasteiger partial charge is 0.436 e. The lowest BCUT2D eigenvalue weighted by Crippen LogP contribution is -2.69. The second kappa shape index (κ2) is 10.5. The van der Waals surface area contributed by atoms with Crippen LogP contribution in [0.4, 0.5) is 0 Å². The first-order chi connectivity index (χ1) is 13.6. The highest BCUT2D eigenvalue weighted by Gasteiger charge is 2.49. The third-order valence-corrected chi connectivity index (χ3v) is 18.5. The fourth-order valence-corrected chi connectivity index (χ4v) is 20.3. The average Bonchev–Trinajstić information content (AvgIpc) is 2.66. The summed E-state index contributed by atoms with van der Waals surface area (Å²) >= 11 is 0. The monoisotopic (exact) mass is 461 g/mol. The summed E-state index contributed by atoms with van der Waals surface area (Å²) < 4.78 is 20.8. The van der Waals surface area contributed by atoms with E-state index in [1.165, 1.54) is 18.9 Å². The van der Waals surface area contributed by atoms with Crippen LogP contribution in [-0.2, 0) is 12.3 Å². The van der Waals surface area contributed by atoms with Gasteiger partial charge in [-0.3, -0.25) is 0 Å². The zero-order valence-corrected chi connectivity index (χ0v) is 23.1.